The van der Waals surface area contributed by atoms with Gasteiger partial charge in [-0.1, -0.05) is 19.0 Å². The van der Waals surface area contributed by atoms with Gasteiger partial charge in [-0.3, -0.25) is 0 Å². The largest absolute Gasteiger partial charge is 0.381 e. The van der Waals surface area contributed by atoms with Crippen LogP contribution in [0.4, 0.5) is 19.0 Å². The maximum atomic E-state index is 13.7. The van der Waals surface area contributed by atoms with E-state index < -0.39 is 23.0 Å². The molecule has 102 valence electrons. The van der Waals surface area contributed by atoms with Crippen molar-refractivity contribution in [3.05, 3.63) is 35.1 Å². The minimum atomic E-state index is -1.04. The second-order valence-electron chi connectivity index (χ2n) is 4.72. The summed E-state index contributed by atoms with van der Waals surface area (Å²) in [4.78, 5) is 0. The highest BCUT2D eigenvalue weighted by Crippen LogP contribution is 2.33. The van der Waals surface area contributed by atoms with Crippen molar-refractivity contribution in [2.75, 3.05) is 5.73 Å². The summed E-state index contributed by atoms with van der Waals surface area (Å²) in [5, 5.41) is 3.53. The van der Waals surface area contributed by atoms with E-state index in [0.29, 0.717) is 24.1 Å². The standard InChI is InChI=1S/C13H13F3N2O/c1-6(2)3-8-12(19-18-13(8)17)11-9(15)4-7(14)5-10(11)16/h4-6H,3H2,1-2H3,(H2,17,18). The molecule has 2 N–H and O–H groups in total. The van der Waals surface area contributed by atoms with Crippen LogP contribution in [0.25, 0.3) is 11.3 Å². The summed E-state index contributed by atoms with van der Waals surface area (Å²) < 4.78 is 45.2. The molecule has 0 aliphatic heterocycles. The molecule has 0 saturated carbocycles. The number of rotatable bonds is 3. The number of aromatic nitrogens is 1. The van der Waals surface area contributed by atoms with Crippen molar-refractivity contribution in [3.8, 4) is 11.3 Å². The van der Waals surface area contributed by atoms with Gasteiger partial charge < -0.3 is 10.3 Å². The van der Waals surface area contributed by atoms with Gasteiger partial charge in [-0.25, -0.2) is 13.2 Å². The lowest BCUT2D eigenvalue weighted by Gasteiger charge is -2.07. The van der Waals surface area contributed by atoms with Gasteiger partial charge in [0.25, 0.3) is 0 Å². The number of anilines is 1. The number of nitrogen functional groups attached to an aromatic ring is 1. The Labute approximate surface area is 108 Å². The molecule has 1 aromatic heterocycles. The van der Waals surface area contributed by atoms with Crippen LogP contribution in [-0.2, 0) is 6.42 Å². The minimum Gasteiger partial charge on any atom is -0.381 e. The first kappa shape index (κ1) is 13.5. The van der Waals surface area contributed by atoms with E-state index in [4.69, 9.17) is 10.3 Å². The van der Waals surface area contributed by atoms with Gasteiger partial charge in [0.15, 0.2) is 11.6 Å². The lowest BCUT2D eigenvalue weighted by molar-refractivity contribution is 0.427. The molecule has 0 saturated heterocycles. The van der Waals surface area contributed by atoms with Crippen molar-refractivity contribution in [1.29, 1.82) is 0 Å². The van der Waals surface area contributed by atoms with Gasteiger partial charge in [-0.2, -0.15) is 0 Å². The molecule has 0 aliphatic carbocycles. The SMILES string of the molecule is CC(C)Cc1c(N)noc1-c1c(F)cc(F)cc1F. The van der Waals surface area contributed by atoms with E-state index in [9.17, 15) is 13.2 Å². The zero-order valence-corrected chi connectivity index (χ0v) is 10.5. The Kier molecular flexibility index (Phi) is 3.50. The minimum absolute atomic E-state index is 0.0822. The van der Waals surface area contributed by atoms with Crippen LogP contribution in [0.1, 0.15) is 19.4 Å². The van der Waals surface area contributed by atoms with Gasteiger partial charge in [-0.05, 0) is 12.3 Å². The summed E-state index contributed by atoms with van der Waals surface area (Å²) in [5.41, 5.74) is 5.62. The normalized spacial score (nSPS) is 11.3. The van der Waals surface area contributed by atoms with E-state index in [-0.39, 0.29) is 17.5 Å². The summed E-state index contributed by atoms with van der Waals surface area (Å²) in [6.45, 7) is 3.85. The molecule has 1 aromatic carbocycles. The van der Waals surface area contributed by atoms with E-state index in [2.05, 4.69) is 5.16 Å². The summed E-state index contributed by atoms with van der Waals surface area (Å²) in [5.74, 6) is -2.87. The first-order chi connectivity index (χ1) is 8.90. The number of nitrogens with zero attached hydrogens (tertiary/aromatic N) is 1. The second-order valence-corrected chi connectivity index (χ2v) is 4.72. The molecule has 0 aliphatic rings. The third-order valence-electron chi connectivity index (χ3n) is 2.66. The van der Waals surface area contributed by atoms with Gasteiger partial charge in [0.05, 0.1) is 5.56 Å². The number of hydrogen-bond acceptors (Lipinski definition) is 3. The lowest BCUT2D eigenvalue weighted by Crippen LogP contribution is -2.01. The van der Waals surface area contributed by atoms with Crippen molar-refractivity contribution in [2.24, 2.45) is 5.92 Å². The van der Waals surface area contributed by atoms with E-state index in [0.717, 1.165) is 0 Å². The molecule has 1 heterocycles. The fourth-order valence-electron chi connectivity index (χ4n) is 1.88. The predicted molar refractivity (Wildman–Crippen MR) is 64.8 cm³/mol. The topological polar surface area (TPSA) is 52.0 Å². The van der Waals surface area contributed by atoms with Crippen LogP contribution in [0.2, 0.25) is 0 Å². The Balaban J connectivity index is 2.60. The molecule has 0 bridgehead atoms. The number of nitrogens with two attached hydrogens (primary N) is 1. The van der Waals surface area contributed by atoms with Crippen LogP contribution in [-0.4, -0.2) is 5.16 Å². The fourth-order valence-corrected chi connectivity index (χ4v) is 1.88. The first-order valence-corrected chi connectivity index (χ1v) is 5.79. The van der Waals surface area contributed by atoms with Crippen LogP contribution in [0.15, 0.2) is 16.7 Å². The molecule has 3 nitrogen and oxygen atoms in total. The van der Waals surface area contributed by atoms with E-state index >= 15 is 0 Å². The highest BCUT2D eigenvalue weighted by Gasteiger charge is 2.23. The van der Waals surface area contributed by atoms with Gasteiger partial charge in [0, 0.05) is 17.7 Å². The predicted octanol–water partition coefficient (Wildman–Crippen LogP) is 3.54. The Hall–Kier alpha value is -1.98. The van der Waals surface area contributed by atoms with Crippen molar-refractivity contribution < 1.29 is 17.7 Å². The average Bonchev–Trinajstić information content (AvgIpc) is 2.59. The second kappa shape index (κ2) is 4.95. The Morgan fingerprint density at radius 1 is 1.21 bits per heavy atom. The van der Waals surface area contributed by atoms with E-state index in [1.54, 1.807) is 0 Å². The Morgan fingerprint density at radius 3 is 2.32 bits per heavy atom. The molecule has 0 atom stereocenters. The molecule has 0 radical (unpaired) electrons. The molecule has 2 rings (SSSR count). The quantitative estimate of drug-likeness (QED) is 0.928. The highest BCUT2D eigenvalue weighted by molar-refractivity contribution is 5.67. The van der Waals surface area contributed by atoms with Crippen molar-refractivity contribution in [1.82, 2.24) is 5.16 Å². The molecule has 2 aromatic rings. The smallest absolute Gasteiger partial charge is 0.178 e. The number of halogens is 3. The van der Waals surface area contributed by atoms with Crippen molar-refractivity contribution in [2.45, 2.75) is 20.3 Å². The summed E-state index contributed by atoms with van der Waals surface area (Å²) in [6, 6.07) is 1.19. The van der Waals surface area contributed by atoms with Crippen LogP contribution in [0, 0.1) is 23.4 Å². The van der Waals surface area contributed by atoms with Gasteiger partial charge >= 0.3 is 0 Å². The molecule has 0 fully saturated rings. The number of hydrogen-bond donors (Lipinski definition) is 1. The molecular weight excluding hydrogens is 257 g/mol. The summed E-state index contributed by atoms with van der Waals surface area (Å²) in [7, 11) is 0. The molecule has 0 spiro atoms. The third kappa shape index (κ3) is 2.57. The Morgan fingerprint density at radius 2 is 1.79 bits per heavy atom. The molecule has 0 amide bonds. The lowest BCUT2D eigenvalue weighted by atomic mass is 9.99. The molecule has 19 heavy (non-hydrogen) atoms. The van der Waals surface area contributed by atoms with Crippen molar-refractivity contribution in [3.63, 3.8) is 0 Å². The number of benzene rings is 1. The first-order valence-electron chi connectivity index (χ1n) is 5.79. The Bertz CT molecular complexity index is 585. The molecular formula is C13H13F3N2O. The third-order valence-corrected chi connectivity index (χ3v) is 2.66. The van der Waals surface area contributed by atoms with Crippen molar-refractivity contribution >= 4 is 5.82 Å². The van der Waals surface area contributed by atoms with Crippen LogP contribution in [0.5, 0.6) is 0 Å². The van der Waals surface area contributed by atoms with Gasteiger partial charge in [-0.15, -0.1) is 0 Å². The maximum absolute atomic E-state index is 13.7. The van der Waals surface area contributed by atoms with Crippen LogP contribution in [0.3, 0.4) is 0 Å². The highest BCUT2D eigenvalue weighted by atomic mass is 19.1. The van der Waals surface area contributed by atoms with Crippen LogP contribution >= 0.6 is 0 Å². The van der Waals surface area contributed by atoms with E-state index in [1.807, 2.05) is 13.8 Å². The fraction of sp³-hybridized carbons (Fsp3) is 0.308. The zero-order chi connectivity index (χ0) is 14.2. The summed E-state index contributed by atoms with van der Waals surface area (Å²) in [6.07, 6.45) is 0.459. The van der Waals surface area contributed by atoms with E-state index in [1.165, 1.54) is 0 Å². The summed E-state index contributed by atoms with van der Waals surface area (Å²) >= 11 is 0. The monoisotopic (exact) mass is 270 g/mol. The van der Waals surface area contributed by atoms with Crippen LogP contribution < -0.4 is 5.73 Å². The van der Waals surface area contributed by atoms with Gasteiger partial charge in [0.2, 0.25) is 0 Å². The molecule has 6 heteroatoms. The molecule has 0 unspecified atom stereocenters. The zero-order valence-electron chi connectivity index (χ0n) is 10.5. The van der Waals surface area contributed by atoms with Gasteiger partial charge in [0.1, 0.15) is 17.5 Å². The average molecular weight is 270 g/mol. The maximum Gasteiger partial charge on any atom is 0.178 e.